The van der Waals surface area contributed by atoms with Crippen LogP contribution in [-0.4, -0.2) is 28.7 Å². The zero-order valence-corrected chi connectivity index (χ0v) is 11.2. The second kappa shape index (κ2) is 9.18. The van der Waals surface area contributed by atoms with Crippen molar-refractivity contribution in [3.05, 3.63) is 29.6 Å². The number of aromatic nitrogens is 2. The molecule has 0 bridgehead atoms. The number of rotatable bonds is 2. The van der Waals surface area contributed by atoms with Gasteiger partial charge in [-0.15, -0.1) is 0 Å². The van der Waals surface area contributed by atoms with Gasteiger partial charge in [-0.2, -0.15) is 0 Å². The second-order valence-corrected chi connectivity index (χ2v) is 3.13. The van der Waals surface area contributed by atoms with Crippen LogP contribution in [0.2, 0.25) is 0 Å². The summed E-state index contributed by atoms with van der Waals surface area (Å²) in [5.74, 6) is 0.880. The molecule has 0 amide bonds. The fraction of sp³-hybridized carbons (Fsp3) is 0.385. The summed E-state index contributed by atoms with van der Waals surface area (Å²) in [6.07, 6.45) is 0. The normalized spacial score (nSPS) is 8.72. The third-order valence-electron chi connectivity index (χ3n) is 1.98. The molecule has 0 unspecified atom stereocenters. The lowest BCUT2D eigenvalue weighted by Crippen LogP contribution is -1.84. The molecule has 5 nitrogen and oxygen atoms in total. The maximum atomic E-state index is 8.99. The molecule has 0 fully saturated rings. The number of benzene rings is 1. The number of carbonyl (C=O) groups is 1. The number of para-hydroxylation sites is 1. The summed E-state index contributed by atoms with van der Waals surface area (Å²) >= 11 is 0. The van der Waals surface area contributed by atoms with Crippen LogP contribution in [0.4, 0.5) is 0 Å². The molecule has 100 valence electrons. The number of methoxy groups -OCH3 is 1. The molecule has 0 radical (unpaired) electrons. The molecule has 1 aromatic heterocycles. The zero-order valence-electron chi connectivity index (χ0n) is 11.2. The maximum Gasteiger partial charge on any atom is 0.292 e. The van der Waals surface area contributed by atoms with Crippen molar-refractivity contribution in [1.82, 2.24) is 9.97 Å². The minimum absolute atomic E-state index is 0.0433. The average Bonchev–Trinajstić information content (AvgIpc) is 2.81. The molecular weight excluding hydrogens is 232 g/mol. The van der Waals surface area contributed by atoms with Gasteiger partial charge in [0.2, 0.25) is 0 Å². The minimum atomic E-state index is 0.0433. The highest BCUT2D eigenvalue weighted by Crippen LogP contribution is 2.15. The molecule has 0 aliphatic heterocycles. The summed E-state index contributed by atoms with van der Waals surface area (Å²) in [6.45, 7) is 6.32. The van der Waals surface area contributed by atoms with Crippen molar-refractivity contribution in [3.63, 3.8) is 0 Å². The van der Waals surface area contributed by atoms with Gasteiger partial charge in [-0.1, -0.05) is 26.0 Å². The molecule has 0 atom stereocenters. The van der Waals surface area contributed by atoms with Gasteiger partial charge in [0, 0.05) is 5.56 Å². The lowest BCUT2D eigenvalue weighted by molar-refractivity contribution is -0.126. The van der Waals surface area contributed by atoms with Gasteiger partial charge in [0.05, 0.1) is 24.8 Å². The quantitative estimate of drug-likeness (QED) is 0.803. The van der Waals surface area contributed by atoms with Crippen molar-refractivity contribution in [2.45, 2.75) is 27.4 Å². The number of fused-ring (bicyclic) bond motifs is 1. The Kier molecular flexibility index (Phi) is 8.22. The molecule has 5 heteroatoms. The first kappa shape index (κ1) is 16.1. The monoisotopic (exact) mass is 252 g/mol. The first-order chi connectivity index (χ1) is 8.72. The van der Waals surface area contributed by atoms with E-state index in [0.717, 1.165) is 22.4 Å². The Bertz CT molecular complexity index is 466. The van der Waals surface area contributed by atoms with Crippen molar-refractivity contribution in [2.24, 2.45) is 0 Å². The lowest BCUT2D eigenvalue weighted by atomic mass is 10.2. The summed E-state index contributed by atoms with van der Waals surface area (Å²) in [5, 5.41) is 8.99. The van der Waals surface area contributed by atoms with Crippen molar-refractivity contribution in [3.8, 4) is 0 Å². The van der Waals surface area contributed by atoms with Gasteiger partial charge in [-0.05, 0) is 13.0 Å². The van der Waals surface area contributed by atoms with E-state index in [2.05, 4.69) is 14.7 Å². The highest BCUT2D eigenvalue weighted by molar-refractivity contribution is 5.78. The van der Waals surface area contributed by atoms with Crippen LogP contribution in [0, 0.1) is 6.92 Å². The van der Waals surface area contributed by atoms with Crippen molar-refractivity contribution >= 4 is 17.5 Å². The van der Waals surface area contributed by atoms with Gasteiger partial charge >= 0.3 is 0 Å². The minimum Gasteiger partial charge on any atom is -0.471 e. The SMILES string of the molecule is CC.COC=O.Cc1nc2c(CO)cccc2[nH]1. The van der Waals surface area contributed by atoms with Crippen LogP contribution in [0.5, 0.6) is 0 Å². The van der Waals surface area contributed by atoms with E-state index in [0.29, 0.717) is 6.47 Å². The number of ether oxygens (including phenoxy) is 1. The molecule has 1 aromatic carbocycles. The van der Waals surface area contributed by atoms with Crippen LogP contribution >= 0.6 is 0 Å². The van der Waals surface area contributed by atoms with Gasteiger partial charge in [0.15, 0.2) is 0 Å². The van der Waals surface area contributed by atoms with Crippen LogP contribution < -0.4 is 0 Å². The number of nitrogens with one attached hydrogen (secondary N) is 1. The van der Waals surface area contributed by atoms with Crippen LogP contribution in [-0.2, 0) is 16.1 Å². The molecule has 0 saturated heterocycles. The lowest BCUT2D eigenvalue weighted by Gasteiger charge is -1.94. The Balaban J connectivity index is 0.000000415. The van der Waals surface area contributed by atoms with E-state index in [1.807, 2.05) is 39.0 Å². The van der Waals surface area contributed by atoms with E-state index in [1.54, 1.807) is 0 Å². The molecular formula is C13H20N2O3. The Morgan fingerprint density at radius 1 is 1.44 bits per heavy atom. The molecule has 2 N–H and O–H groups in total. The summed E-state index contributed by atoms with van der Waals surface area (Å²) in [7, 11) is 1.31. The number of nitrogens with zero attached hydrogens (tertiary/aromatic N) is 1. The first-order valence-electron chi connectivity index (χ1n) is 5.74. The molecule has 0 aliphatic carbocycles. The van der Waals surface area contributed by atoms with Gasteiger partial charge in [0.1, 0.15) is 5.82 Å². The van der Waals surface area contributed by atoms with Crippen LogP contribution in [0.1, 0.15) is 25.2 Å². The van der Waals surface area contributed by atoms with E-state index in [4.69, 9.17) is 9.90 Å². The number of hydrogen-bond donors (Lipinski definition) is 2. The summed E-state index contributed by atoms with van der Waals surface area (Å²) in [6, 6.07) is 5.74. The standard InChI is InChI=1S/C9H10N2O.C2H4O2.C2H6/c1-6-10-8-4-2-3-7(5-12)9(8)11-6;1-4-2-3;1-2/h2-4,12H,5H2,1H3,(H,10,11);2H,1H3;1-2H3. The van der Waals surface area contributed by atoms with E-state index in [-0.39, 0.29) is 6.61 Å². The van der Waals surface area contributed by atoms with Crippen molar-refractivity contribution in [1.29, 1.82) is 0 Å². The number of hydrogen-bond acceptors (Lipinski definition) is 4. The van der Waals surface area contributed by atoms with Gasteiger partial charge < -0.3 is 14.8 Å². The maximum absolute atomic E-state index is 8.99. The van der Waals surface area contributed by atoms with E-state index in [9.17, 15) is 0 Å². The van der Waals surface area contributed by atoms with Crippen molar-refractivity contribution < 1.29 is 14.6 Å². The summed E-state index contributed by atoms with van der Waals surface area (Å²) in [4.78, 5) is 16.3. The predicted molar refractivity (Wildman–Crippen MR) is 71.2 cm³/mol. The number of aromatic amines is 1. The number of aliphatic hydroxyl groups is 1. The molecule has 2 rings (SSSR count). The van der Waals surface area contributed by atoms with Crippen LogP contribution in [0.15, 0.2) is 18.2 Å². The van der Waals surface area contributed by atoms with Gasteiger partial charge in [-0.3, -0.25) is 4.79 Å². The smallest absolute Gasteiger partial charge is 0.292 e. The number of aliphatic hydroxyl groups excluding tert-OH is 1. The zero-order chi connectivity index (χ0) is 14.0. The number of aryl methyl sites for hydroxylation is 1. The second-order valence-electron chi connectivity index (χ2n) is 3.13. The molecule has 2 aromatic rings. The topological polar surface area (TPSA) is 75.2 Å². The van der Waals surface area contributed by atoms with Crippen LogP contribution in [0.3, 0.4) is 0 Å². The predicted octanol–water partition coefficient (Wildman–Crippen LogP) is 2.18. The molecule has 1 heterocycles. The third kappa shape index (κ3) is 4.55. The Labute approximate surface area is 107 Å². The van der Waals surface area contributed by atoms with Gasteiger partial charge in [0.25, 0.3) is 6.47 Å². The molecule has 0 saturated carbocycles. The summed E-state index contributed by atoms with van der Waals surface area (Å²) < 4.78 is 3.86. The Hall–Kier alpha value is -1.88. The highest BCUT2D eigenvalue weighted by atomic mass is 16.5. The average molecular weight is 252 g/mol. The summed E-state index contributed by atoms with van der Waals surface area (Å²) in [5.41, 5.74) is 2.73. The van der Waals surface area contributed by atoms with E-state index >= 15 is 0 Å². The fourth-order valence-corrected chi connectivity index (χ4v) is 1.34. The van der Waals surface area contributed by atoms with Gasteiger partial charge in [-0.25, -0.2) is 4.98 Å². The van der Waals surface area contributed by atoms with E-state index in [1.165, 1.54) is 7.11 Å². The Morgan fingerprint density at radius 3 is 2.56 bits per heavy atom. The number of imidazole rings is 1. The molecule has 0 aliphatic rings. The first-order valence-corrected chi connectivity index (χ1v) is 5.74. The highest BCUT2D eigenvalue weighted by Gasteiger charge is 2.02. The Morgan fingerprint density at radius 2 is 2.06 bits per heavy atom. The largest absolute Gasteiger partial charge is 0.471 e. The number of carbonyl (C=O) groups excluding carboxylic acids is 1. The fourth-order valence-electron chi connectivity index (χ4n) is 1.34. The third-order valence-corrected chi connectivity index (χ3v) is 1.98. The molecule has 18 heavy (non-hydrogen) atoms. The van der Waals surface area contributed by atoms with Crippen LogP contribution in [0.25, 0.3) is 11.0 Å². The van der Waals surface area contributed by atoms with Crippen molar-refractivity contribution in [2.75, 3.05) is 7.11 Å². The van der Waals surface area contributed by atoms with E-state index < -0.39 is 0 Å². The number of H-pyrrole nitrogens is 1. The molecule has 0 spiro atoms.